The highest BCUT2D eigenvalue weighted by molar-refractivity contribution is 5.83. The number of imidazole rings is 1. The van der Waals surface area contributed by atoms with E-state index in [1.807, 2.05) is 0 Å². The molecule has 12 heteroatoms. The summed E-state index contributed by atoms with van der Waals surface area (Å²) in [7, 11) is 1.41. The Hall–Kier alpha value is -3.27. The maximum Gasteiger partial charge on any atom is 0.308 e. The van der Waals surface area contributed by atoms with E-state index in [9.17, 15) is 19.8 Å². The lowest BCUT2D eigenvalue weighted by molar-refractivity contribution is -0.146. The maximum atomic E-state index is 12.2. The fraction of sp³-hybridized carbons (Fsp3) is 0.609. The van der Waals surface area contributed by atoms with Gasteiger partial charge in [-0.1, -0.05) is 5.92 Å². The number of hydrogen-bond donors (Lipinski definition) is 4. The van der Waals surface area contributed by atoms with Crippen molar-refractivity contribution < 1.29 is 29.3 Å². The Kier molecular flexibility index (Phi) is 7.49. The van der Waals surface area contributed by atoms with Gasteiger partial charge in [0.15, 0.2) is 23.8 Å². The number of nitrogens with two attached hydrogens (primary N) is 1. The highest BCUT2D eigenvalue weighted by Crippen LogP contribution is 2.33. The number of nitrogens with zero attached hydrogens (tertiary/aromatic N) is 4. The van der Waals surface area contributed by atoms with Crippen molar-refractivity contribution in [3.05, 3.63) is 12.2 Å². The molecule has 1 saturated heterocycles. The third kappa shape index (κ3) is 5.07. The van der Waals surface area contributed by atoms with Crippen LogP contribution in [-0.4, -0.2) is 73.6 Å². The summed E-state index contributed by atoms with van der Waals surface area (Å²) in [6.07, 6.45) is 0.253. The summed E-state index contributed by atoms with van der Waals surface area (Å²) in [6, 6.07) is 0. The molecule has 2 aliphatic rings. The van der Waals surface area contributed by atoms with Crippen LogP contribution in [0.15, 0.2) is 6.33 Å². The topological polar surface area (TPSA) is 175 Å². The number of methoxy groups -OCH3 is 1. The number of carbonyl (C=O) groups excluding carboxylic acids is 2. The van der Waals surface area contributed by atoms with Gasteiger partial charge in [-0.15, -0.1) is 0 Å². The molecule has 4 atom stereocenters. The normalized spacial score (nSPS) is 28.3. The second kappa shape index (κ2) is 10.6. The molecule has 3 heterocycles. The van der Waals surface area contributed by atoms with Gasteiger partial charge in [-0.25, -0.2) is 15.0 Å². The van der Waals surface area contributed by atoms with E-state index in [4.69, 9.17) is 15.2 Å². The summed E-state index contributed by atoms with van der Waals surface area (Å²) in [4.78, 5) is 36.7. The molecule has 188 valence electrons. The number of aliphatic hydroxyl groups excluding tert-OH is 2. The van der Waals surface area contributed by atoms with Crippen molar-refractivity contribution in [2.24, 2.45) is 11.8 Å². The molecule has 1 aliphatic carbocycles. The largest absolute Gasteiger partial charge is 0.469 e. The molecule has 1 aliphatic heterocycles. The van der Waals surface area contributed by atoms with Crippen LogP contribution in [0.5, 0.6) is 0 Å². The molecule has 0 aromatic carbocycles. The Morgan fingerprint density at radius 3 is 2.69 bits per heavy atom. The quantitative estimate of drug-likeness (QED) is 0.329. The predicted octanol–water partition coefficient (Wildman–Crippen LogP) is -0.115. The van der Waals surface area contributed by atoms with Crippen LogP contribution in [0.2, 0.25) is 0 Å². The minimum absolute atomic E-state index is 0.0330. The number of esters is 1. The number of ether oxygens (including phenoxy) is 2. The fourth-order valence-corrected chi connectivity index (χ4v) is 4.60. The number of nitrogens with one attached hydrogen (secondary N) is 1. The second-order valence-corrected chi connectivity index (χ2v) is 8.83. The van der Waals surface area contributed by atoms with E-state index in [0.29, 0.717) is 24.4 Å². The number of fused-ring (bicyclic) bond motifs is 1. The lowest BCUT2D eigenvalue weighted by Crippen LogP contribution is -2.42. The van der Waals surface area contributed by atoms with Crippen molar-refractivity contribution in [2.45, 2.75) is 63.6 Å². The van der Waals surface area contributed by atoms with Gasteiger partial charge in [0, 0.05) is 13.0 Å². The predicted molar refractivity (Wildman–Crippen MR) is 123 cm³/mol. The molecule has 4 rings (SSSR count). The van der Waals surface area contributed by atoms with E-state index < -0.39 is 30.4 Å². The molecular weight excluding hydrogens is 456 g/mol. The summed E-state index contributed by atoms with van der Waals surface area (Å²) in [5.74, 6) is 6.02. The van der Waals surface area contributed by atoms with E-state index >= 15 is 0 Å². The zero-order valence-electron chi connectivity index (χ0n) is 19.7. The van der Waals surface area contributed by atoms with Crippen molar-refractivity contribution in [1.82, 2.24) is 24.8 Å². The molecule has 2 aromatic heterocycles. The Morgan fingerprint density at radius 1 is 1.26 bits per heavy atom. The summed E-state index contributed by atoms with van der Waals surface area (Å²) in [5, 5.41) is 23.4. The zero-order valence-corrected chi connectivity index (χ0v) is 19.7. The van der Waals surface area contributed by atoms with E-state index in [-0.39, 0.29) is 29.2 Å². The number of aromatic nitrogens is 4. The molecule has 0 radical (unpaired) electrons. The van der Waals surface area contributed by atoms with Gasteiger partial charge >= 0.3 is 5.97 Å². The number of aliphatic hydroxyl groups is 2. The van der Waals surface area contributed by atoms with Crippen LogP contribution in [0.3, 0.4) is 0 Å². The highest BCUT2D eigenvalue weighted by atomic mass is 16.6. The smallest absolute Gasteiger partial charge is 0.308 e. The van der Waals surface area contributed by atoms with Crippen LogP contribution >= 0.6 is 0 Å². The van der Waals surface area contributed by atoms with Crippen LogP contribution in [-0.2, 0) is 19.1 Å². The lowest BCUT2D eigenvalue weighted by Gasteiger charge is -2.25. The average Bonchev–Trinajstić information content (AvgIpc) is 3.40. The number of amides is 1. The number of nitrogen functional groups attached to an aromatic ring is 1. The summed E-state index contributed by atoms with van der Waals surface area (Å²) >= 11 is 0. The standard InChI is InChI=1S/C23H30N6O6/c1-3-25-21(32)18-16(30)17(31)22(35-18)29-11-26-15-19(24)27-14(28-20(15)29)6-4-5-12-7-9-13(10-8-12)23(33)34-2/h11-13,16-18,22,30-31H,3,5,7-10H2,1-2H3,(H,25,32)(H2,24,27,28)/t12-,13-,16?,17?,18-,22+/m0/s1. The number of likely N-dealkylation sites (N-methyl/N-ethyl adjacent to an activating group) is 1. The van der Waals surface area contributed by atoms with Gasteiger partial charge in [0.1, 0.15) is 17.7 Å². The van der Waals surface area contributed by atoms with Gasteiger partial charge in [0.25, 0.3) is 5.91 Å². The van der Waals surface area contributed by atoms with Crippen molar-refractivity contribution in [3.63, 3.8) is 0 Å². The monoisotopic (exact) mass is 486 g/mol. The third-order valence-corrected chi connectivity index (χ3v) is 6.54. The number of anilines is 1. The van der Waals surface area contributed by atoms with Gasteiger partial charge in [-0.05, 0) is 44.4 Å². The minimum atomic E-state index is -1.42. The molecular formula is C23H30N6O6. The second-order valence-electron chi connectivity index (χ2n) is 8.83. The molecule has 1 saturated carbocycles. The van der Waals surface area contributed by atoms with Gasteiger partial charge in [0.05, 0.1) is 19.4 Å². The van der Waals surface area contributed by atoms with Crippen LogP contribution in [0.1, 0.15) is 51.1 Å². The zero-order chi connectivity index (χ0) is 25.1. The molecule has 35 heavy (non-hydrogen) atoms. The van der Waals surface area contributed by atoms with E-state index in [0.717, 1.165) is 25.7 Å². The van der Waals surface area contributed by atoms with E-state index in [2.05, 4.69) is 32.1 Å². The first-order valence-electron chi connectivity index (χ1n) is 11.7. The molecule has 2 fully saturated rings. The Bertz CT molecular complexity index is 1150. The summed E-state index contributed by atoms with van der Waals surface area (Å²) in [5.41, 5.74) is 6.63. The van der Waals surface area contributed by atoms with Gasteiger partial charge in [-0.2, -0.15) is 0 Å². The molecule has 12 nitrogen and oxygen atoms in total. The Labute approximate surface area is 202 Å². The first-order chi connectivity index (χ1) is 16.8. The minimum Gasteiger partial charge on any atom is -0.469 e. The van der Waals surface area contributed by atoms with E-state index in [1.165, 1.54) is 18.0 Å². The Balaban J connectivity index is 1.49. The summed E-state index contributed by atoms with van der Waals surface area (Å²) in [6.45, 7) is 2.10. The molecule has 1 amide bonds. The molecule has 2 aromatic rings. The van der Waals surface area contributed by atoms with Gasteiger partial charge in [-0.3, -0.25) is 14.2 Å². The molecule has 5 N–H and O–H groups in total. The maximum absolute atomic E-state index is 12.2. The molecule has 2 unspecified atom stereocenters. The van der Waals surface area contributed by atoms with Crippen molar-refractivity contribution in [1.29, 1.82) is 0 Å². The molecule has 0 bridgehead atoms. The first kappa shape index (κ1) is 24.8. The van der Waals surface area contributed by atoms with Crippen LogP contribution in [0.4, 0.5) is 5.82 Å². The lowest BCUT2D eigenvalue weighted by atomic mass is 9.81. The SMILES string of the molecule is CCNC(=O)[C@H]1O[C@@H](n2cnc3c(N)nc(C#CC[C@H]4CC[C@H](C(=O)OC)CC4)nc32)C(O)C1O. The number of carbonyl (C=O) groups is 2. The highest BCUT2D eigenvalue weighted by Gasteiger charge is 2.47. The molecule has 0 spiro atoms. The van der Waals surface area contributed by atoms with Crippen molar-refractivity contribution >= 4 is 28.9 Å². The van der Waals surface area contributed by atoms with Crippen molar-refractivity contribution in [3.8, 4) is 11.8 Å². The van der Waals surface area contributed by atoms with Crippen LogP contribution in [0.25, 0.3) is 11.2 Å². The van der Waals surface area contributed by atoms with Crippen molar-refractivity contribution in [2.75, 3.05) is 19.4 Å². The average molecular weight is 487 g/mol. The van der Waals surface area contributed by atoms with Crippen LogP contribution < -0.4 is 11.1 Å². The fourth-order valence-electron chi connectivity index (χ4n) is 4.60. The van der Waals surface area contributed by atoms with Gasteiger partial charge < -0.3 is 30.7 Å². The van der Waals surface area contributed by atoms with Gasteiger partial charge in [0.2, 0.25) is 5.82 Å². The third-order valence-electron chi connectivity index (χ3n) is 6.54. The van der Waals surface area contributed by atoms with Crippen LogP contribution in [0, 0.1) is 23.7 Å². The number of hydrogen-bond acceptors (Lipinski definition) is 10. The first-order valence-corrected chi connectivity index (χ1v) is 11.7. The Morgan fingerprint density at radius 2 is 2.00 bits per heavy atom. The summed E-state index contributed by atoms with van der Waals surface area (Å²) < 4.78 is 11.9. The van der Waals surface area contributed by atoms with E-state index in [1.54, 1.807) is 6.92 Å². The number of rotatable bonds is 5.